The molecule has 2 atom stereocenters. The molecule has 0 aliphatic heterocycles. The van der Waals surface area contributed by atoms with E-state index < -0.39 is 5.54 Å². The predicted molar refractivity (Wildman–Crippen MR) is 73.6 cm³/mol. The second-order valence-corrected chi connectivity index (χ2v) is 4.92. The fraction of sp³-hybridized carbons (Fsp3) is 0.923. The number of carbonyl (C=O) groups excluding carboxylic acids is 1. The molecule has 6 nitrogen and oxygen atoms in total. The van der Waals surface area contributed by atoms with Crippen molar-refractivity contribution in [2.45, 2.75) is 51.5 Å². The molecule has 0 aromatic heterocycles. The maximum atomic E-state index is 12.4. The van der Waals surface area contributed by atoms with Crippen LogP contribution in [0.5, 0.6) is 0 Å². The van der Waals surface area contributed by atoms with Crippen molar-refractivity contribution in [1.29, 1.82) is 0 Å². The quantitative estimate of drug-likeness (QED) is 0.253. The Morgan fingerprint density at radius 2 is 2.32 bits per heavy atom. The molecule has 1 saturated carbocycles. The molecule has 0 amide bonds. The summed E-state index contributed by atoms with van der Waals surface area (Å²) in [6.07, 6.45) is 5.00. The molecule has 1 fully saturated rings. The van der Waals surface area contributed by atoms with Gasteiger partial charge in [0.25, 0.3) is 0 Å². The Bertz CT molecular complexity index is 342. The van der Waals surface area contributed by atoms with Gasteiger partial charge in [0.15, 0.2) is 0 Å². The Morgan fingerprint density at radius 3 is 2.95 bits per heavy atom. The summed E-state index contributed by atoms with van der Waals surface area (Å²) in [5.41, 5.74) is 7.71. The Labute approximate surface area is 114 Å². The van der Waals surface area contributed by atoms with E-state index in [0.29, 0.717) is 25.6 Å². The fourth-order valence-electron chi connectivity index (χ4n) is 3.00. The summed E-state index contributed by atoms with van der Waals surface area (Å²) in [5, 5.41) is 6.83. The molecule has 0 aromatic rings. The van der Waals surface area contributed by atoms with Crippen LogP contribution in [0.25, 0.3) is 10.4 Å². The lowest BCUT2D eigenvalue weighted by atomic mass is 9.71. The van der Waals surface area contributed by atoms with Crippen molar-refractivity contribution in [2.75, 3.05) is 19.7 Å². The third kappa shape index (κ3) is 3.85. The first kappa shape index (κ1) is 15.8. The topological polar surface area (TPSA) is 87.1 Å². The summed E-state index contributed by atoms with van der Waals surface area (Å²) in [6, 6.07) is 0. The van der Waals surface area contributed by atoms with Crippen molar-refractivity contribution in [3.8, 4) is 0 Å². The second kappa shape index (κ2) is 8.02. The SMILES string of the molecule is CCOC(=O)C1(NCCN=[N+]=[N-])CCCCC1CC. The van der Waals surface area contributed by atoms with Gasteiger partial charge in [-0.1, -0.05) is 31.3 Å². The van der Waals surface area contributed by atoms with Gasteiger partial charge in [-0.15, -0.1) is 0 Å². The Hall–Kier alpha value is -1.26. The first-order chi connectivity index (χ1) is 9.21. The highest BCUT2D eigenvalue weighted by Crippen LogP contribution is 2.37. The van der Waals surface area contributed by atoms with Crippen molar-refractivity contribution in [3.63, 3.8) is 0 Å². The maximum absolute atomic E-state index is 12.4. The van der Waals surface area contributed by atoms with E-state index in [4.69, 9.17) is 10.3 Å². The highest BCUT2D eigenvalue weighted by atomic mass is 16.5. The third-order valence-corrected chi connectivity index (χ3v) is 3.92. The van der Waals surface area contributed by atoms with Crippen molar-refractivity contribution < 1.29 is 9.53 Å². The first-order valence-corrected chi connectivity index (χ1v) is 7.14. The molecule has 0 spiro atoms. The summed E-state index contributed by atoms with van der Waals surface area (Å²) in [7, 11) is 0. The molecule has 2 unspecified atom stereocenters. The van der Waals surface area contributed by atoms with Gasteiger partial charge in [0.2, 0.25) is 0 Å². The molecule has 1 aliphatic rings. The van der Waals surface area contributed by atoms with Gasteiger partial charge in [0.1, 0.15) is 5.54 Å². The fourth-order valence-corrected chi connectivity index (χ4v) is 3.00. The number of nitrogens with zero attached hydrogens (tertiary/aromatic N) is 3. The van der Waals surface area contributed by atoms with E-state index in [9.17, 15) is 4.79 Å². The molecule has 0 saturated heterocycles. The number of rotatable bonds is 7. The molecular formula is C13H24N4O2. The van der Waals surface area contributed by atoms with Gasteiger partial charge in [-0.25, -0.2) is 0 Å². The van der Waals surface area contributed by atoms with Crippen LogP contribution < -0.4 is 5.32 Å². The van der Waals surface area contributed by atoms with E-state index in [1.165, 1.54) is 0 Å². The number of nitrogens with one attached hydrogen (secondary N) is 1. The molecule has 0 bridgehead atoms. The van der Waals surface area contributed by atoms with Gasteiger partial charge in [-0.2, -0.15) is 0 Å². The highest BCUT2D eigenvalue weighted by molar-refractivity contribution is 5.81. The number of azide groups is 1. The molecule has 1 N–H and O–H groups in total. The number of hydrogen-bond acceptors (Lipinski definition) is 4. The Morgan fingerprint density at radius 1 is 1.53 bits per heavy atom. The van der Waals surface area contributed by atoms with Gasteiger partial charge in [-0.05, 0) is 31.2 Å². The minimum absolute atomic E-state index is 0.150. The average Bonchev–Trinajstić information content (AvgIpc) is 2.44. The van der Waals surface area contributed by atoms with E-state index in [1.807, 2.05) is 6.92 Å². The molecule has 6 heteroatoms. The standard InChI is InChI=1S/C13H24N4O2/c1-3-11-7-5-6-8-13(11,12(18)19-4-2)15-9-10-16-17-14/h11,15H,3-10H2,1-2H3. The summed E-state index contributed by atoms with van der Waals surface area (Å²) < 4.78 is 5.27. The Kier molecular flexibility index (Phi) is 6.67. The molecule has 0 radical (unpaired) electrons. The van der Waals surface area contributed by atoms with Crippen LogP contribution in [0.2, 0.25) is 0 Å². The lowest BCUT2D eigenvalue weighted by Crippen LogP contribution is -2.60. The number of ether oxygens (including phenoxy) is 1. The minimum atomic E-state index is -0.589. The van der Waals surface area contributed by atoms with Crippen LogP contribution in [-0.4, -0.2) is 31.2 Å². The molecule has 1 aliphatic carbocycles. The average molecular weight is 268 g/mol. The van der Waals surface area contributed by atoms with Crippen LogP contribution in [0, 0.1) is 5.92 Å². The molecule has 0 heterocycles. The molecule has 1 rings (SSSR count). The van der Waals surface area contributed by atoms with Gasteiger partial charge >= 0.3 is 5.97 Å². The lowest BCUT2D eigenvalue weighted by molar-refractivity contribution is -0.156. The van der Waals surface area contributed by atoms with Gasteiger partial charge in [0, 0.05) is 18.0 Å². The highest BCUT2D eigenvalue weighted by Gasteiger charge is 2.46. The third-order valence-electron chi connectivity index (χ3n) is 3.92. The molecule has 108 valence electrons. The summed E-state index contributed by atoms with van der Waals surface area (Å²) in [5.74, 6) is 0.147. The van der Waals surface area contributed by atoms with Crippen molar-refractivity contribution in [2.24, 2.45) is 11.0 Å². The summed E-state index contributed by atoms with van der Waals surface area (Å²) in [4.78, 5) is 15.1. The van der Waals surface area contributed by atoms with Gasteiger partial charge in [-0.3, -0.25) is 4.79 Å². The smallest absolute Gasteiger partial charge is 0.326 e. The van der Waals surface area contributed by atoms with Crippen molar-refractivity contribution in [3.05, 3.63) is 10.4 Å². The van der Waals surface area contributed by atoms with E-state index in [0.717, 1.165) is 32.1 Å². The zero-order valence-corrected chi connectivity index (χ0v) is 11.9. The largest absolute Gasteiger partial charge is 0.465 e. The number of esters is 1. The lowest BCUT2D eigenvalue weighted by Gasteiger charge is -2.42. The van der Waals surface area contributed by atoms with Crippen molar-refractivity contribution in [1.82, 2.24) is 5.32 Å². The van der Waals surface area contributed by atoms with Crippen LogP contribution in [0.3, 0.4) is 0 Å². The zero-order chi connectivity index (χ0) is 14.1. The van der Waals surface area contributed by atoms with Crippen molar-refractivity contribution >= 4 is 5.97 Å². The van der Waals surface area contributed by atoms with Crippen LogP contribution in [-0.2, 0) is 9.53 Å². The molecule has 19 heavy (non-hydrogen) atoms. The number of hydrogen-bond donors (Lipinski definition) is 1. The predicted octanol–water partition coefficient (Wildman–Crippen LogP) is 2.79. The normalized spacial score (nSPS) is 26.5. The molecular weight excluding hydrogens is 244 g/mol. The van der Waals surface area contributed by atoms with E-state index in [2.05, 4.69) is 22.3 Å². The van der Waals surface area contributed by atoms with Crippen LogP contribution in [0.1, 0.15) is 46.0 Å². The molecule has 0 aromatic carbocycles. The van der Waals surface area contributed by atoms with Crippen LogP contribution in [0.4, 0.5) is 0 Å². The van der Waals surface area contributed by atoms with Crippen LogP contribution in [0.15, 0.2) is 5.11 Å². The zero-order valence-electron chi connectivity index (χ0n) is 11.9. The first-order valence-electron chi connectivity index (χ1n) is 7.14. The second-order valence-electron chi connectivity index (χ2n) is 4.92. The maximum Gasteiger partial charge on any atom is 0.326 e. The van der Waals surface area contributed by atoms with E-state index in [-0.39, 0.29) is 5.97 Å². The van der Waals surface area contributed by atoms with Gasteiger partial charge < -0.3 is 10.1 Å². The van der Waals surface area contributed by atoms with Gasteiger partial charge in [0.05, 0.1) is 6.61 Å². The van der Waals surface area contributed by atoms with Crippen LogP contribution >= 0.6 is 0 Å². The summed E-state index contributed by atoms with van der Waals surface area (Å²) >= 11 is 0. The Balaban J connectivity index is 2.80. The van der Waals surface area contributed by atoms with E-state index >= 15 is 0 Å². The number of carbonyl (C=O) groups is 1. The van der Waals surface area contributed by atoms with E-state index in [1.54, 1.807) is 0 Å². The summed E-state index contributed by atoms with van der Waals surface area (Å²) in [6.45, 7) is 5.21. The monoisotopic (exact) mass is 268 g/mol. The minimum Gasteiger partial charge on any atom is -0.465 e.